The Bertz CT molecular complexity index is 623. The molecule has 1 unspecified atom stereocenters. The molecule has 22 heavy (non-hydrogen) atoms. The van der Waals surface area contributed by atoms with Crippen molar-refractivity contribution in [3.8, 4) is 10.6 Å². The van der Waals surface area contributed by atoms with Gasteiger partial charge in [0.25, 0.3) is 5.91 Å². The predicted octanol–water partition coefficient (Wildman–Crippen LogP) is 3.33. The van der Waals surface area contributed by atoms with Crippen molar-refractivity contribution in [2.24, 2.45) is 0 Å². The molecule has 7 heteroatoms. The Morgan fingerprint density at radius 2 is 2.23 bits per heavy atom. The topological polar surface area (TPSA) is 68.3 Å². The summed E-state index contributed by atoms with van der Waals surface area (Å²) < 4.78 is 5.00. The Morgan fingerprint density at radius 1 is 1.41 bits per heavy atom. The number of nitrogens with zero attached hydrogens (tertiary/aromatic N) is 1. The van der Waals surface area contributed by atoms with Crippen LogP contribution in [0.1, 0.15) is 37.2 Å². The Morgan fingerprint density at radius 3 is 2.91 bits per heavy atom. The molecule has 2 rings (SSSR count). The Hall–Kier alpha value is -1.73. The summed E-state index contributed by atoms with van der Waals surface area (Å²) >= 11 is 2.95. The van der Waals surface area contributed by atoms with Crippen LogP contribution in [0.2, 0.25) is 0 Å². The lowest BCUT2D eigenvalue weighted by molar-refractivity contribution is -0.124. The summed E-state index contributed by atoms with van der Waals surface area (Å²) in [5.41, 5.74) is 1.22. The van der Waals surface area contributed by atoms with Gasteiger partial charge in [0, 0.05) is 22.4 Å². The SMILES string of the molecule is CCCC(C)NC(=O)COC(=O)c1csc(-c2ccsc2)n1. The Balaban J connectivity index is 1.84. The fourth-order valence-electron chi connectivity index (χ4n) is 1.91. The van der Waals surface area contributed by atoms with Crippen LogP contribution in [0.4, 0.5) is 0 Å². The number of esters is 1. The number of hydrogen-bond donors (Lipinski definition) is 1. The second-order valence-corrected chi connectivity index (χ2v) is 6.52. The molecule has 2 aromatic rings. The third-order valence-electron chi connectivity index (χ3n) is 2.94. The van der Waals surface area contributed by atoms with Gasteiger partial charge in [0.1, 0.15) is 5.01 Å². The van der Waals surface area contributed by atoms with Crippen LogP contribution in [0.15, 0.2) is 22.2 Å². The molecule has 5 nitrogen and oxygen atoms in total. The van der Waals surface area contributed by atoms with Gasteiger partial charge in [-0.15, -0.1) is 11.3 Å². The molecule has 0 spiro atoms. The van der Waals surface area contributed by atoms with Gasteiger partial charge in [0.15, 0.2) is 12.3 Å². The van der Waals surface area contributed by atoms with Crippen LogP contribution in [-0.4, -0.2) is 29.5 Å². The number of thiazole rings is 1. The van der Waals surface area contributed by atoms with E-state index in [0.29, 0.717) is 0 Å². The number of rotatable bonds is 7. The highest BCUT2D eigenvalue weighted by Gasteiger charge is 2.15. The van der Waals surface area contributed by atoms with Gasteiger partial charge in [-0.25, -0.2) is 9.78 Å². The summed E-state index contributed by atoms with van der Waals surface area (Å²) in [6.45, 7) is 3.70. The van der Waals surface area contributed by atoms with Crippen molar-refractivity contribution in [3.63, 3.8) is 0 Å². The minimum Gasteiger partial charge on any atom is -0.451 e. The lowest BCUT2D eigenvalue weighted by Gasteiger charge is -2.12. The highest BCUT2D eigenvalue weighted by molar-refractivity contribution is 7.14. The molecule has 1 atom stereocenters. The first kappa shape index (κ1) is 16.6. The Kier molecular flexibility index (Phi) is 6.09. The zero-order valence-corrected chi connectivity index (χ0v) is 14.1. The van der Waals surface area contributed by atoms with E-state index in [2.05, 4.69) is 17.2 Å². The smallest absolute Gasteiger partial charge is 0.358 e. The van der Waals surface area contributed by atoms with Crippen molar-refractivity contribution in [1.82, 2.24) is 10.3 Å². The van der Waals surface area contributed by atoms with E-state index >= 15 is 0 Å². The summed E-state index contributed by atoms with van der Waals surface area (Å²) in [7, 11) is 0. The van der Waals surface area contributed by atoms with Crippen molar-refractivity contribution < 1.29 is 14.3 Å². The van der Waals surface area contributed by atoms with Crippen molar-refractivity contribution in [2.45, 2.75) is 32.7 Å². The average Bonchev–Trinajstić information content (AvgIpc) is 3.15. The van der Waals surface area contributed by atoms with E-state index in [1.807, 2.05) is 23.8 Å². The van der Waals surface area contributed by atoms with E-state index in [9.17, 15) is 9.59 Å². The maximum atomic E-state index is 11.9. The molecule has 118 valence electrons. The van der Waals surface area contributed by atoms with Crippen LogP contribution in [-0.2, 0) is 9.53 Å². The van der Waals surface area contributed by atoms with Crippen molar-refractivity contribution in [1.29, 1.82) is 0 Å². The van der Waals surface area contributed by atoms with E-state index in [-0.39, 0.29) is 24.2 Å². The first-order chi connectivity index (χ1) is 10.6. The average molecular weight is 338 g/mol. The molecule has 0 saturated carbocycles. The van der Waals surface area contributed by atoms with Crippen molar-refractivity contribution in [3.05, 3.63) is 27.9 Å². The van der Waals surface area contributed by atoms with E-state index in [4.69, 9.17) is 4.74 Å². The van der Waals surface area contributed by atoms with Gasteiger partial charge in [-0.1, -0.05) is 13.3 Å². The van der Waals surface area contributed by atoms with Crippen LogP contribution < -0.4 is 5.32 Å². The van der Waals surface area contributed by atoms with Gasteiger partial charge in [0.2, 0.25) is 0 Å². The molecule has 2 aromatic heterocycles. The third-order valence-corrected chi connectivity index (χ3v) is 4.52. The first-order valence-corrected chi connectivity index (χ1v) is 8.87. The normalized spacial score (nSPS) is 11.9. The summed E-state index contributed by atoms with van der Waals surface area (Å²) in [4.78, 5) is 27.8. The minimum absolute atomic E-state index is 0.0840. The van der Waals surface area contributed by atoms with Gasteiger partial charge in [-0.05, 0) is 24.8 Å². The van der Waals surface area contributed by atoms with E-state index in [1.165, 1.54) is 11.3 Å². The van der Waals surface area contributed by atoms with Gasteiger partial charge in [-0.3, -0.25) is 4.79 Å². The Labute approximate surface area is 137 Å². The van der Waals surface area contributed by atoms with Crippen LogP contribution in [0.5, 0.6) is 0 Å². The molecule has 1 N–H and O–H groups in total. The molecule has 0 bridgehead atoms. The molecule has 0 aromatic carbocycles. The second kappa shape index (κ2) is 8.05. The summed E-state index contributed by atoms with van der Waals surface area (Å²) in [6, 6.07) is 2.03. The van der Waals surface area contributed by atoms with Gasteiger partial charge >= 0.3 is 5.97 Å². The van der Waals surface area contributed by atoms with E-state index in [1.54, 1.807) is 16.7 Å². The molecule has 0 aliphatic heterocycles. The van der Waals surface area contributed by atoms with Crippen LogP contribution in [0, 0.1) is 0 Å². The van der Waals surface area contributed by atoms with Gasteiger partial charge in [-0.2, -0.15) is 11.3 Å². The van der Waals surface area contributed by atoms with E-state index < -0.39 is 5.97 Å². The number of amides is 1. The molecule has 1 amide bonds. The minimum atomic E-state index is -0.573. The number of carbonyl (C=O) groups is 2. The molecule has 0 fully saturated rings. The predicted molar refractivity (Wildman–Crippen MR) is 88.2 cm³/mol. The highest BCUT2D eigenvalue weighted by Crippen LogP contribution is 2.25. The number of aromatic nitrogens is 1. The maximum absolute atomic E-state index is 11.9. The molecule has 0 saturated heterocycles. The second-order valence-electron chi connectivity index (χ2n) is 4.88. The van der Waals surface area contributed by atoms with Crippen molar-refractivity contribution in [2.75, 3.05) is 6.61 Å². The van der Waals surface area contributed by atoms with Crippen LogP contribution in [0.3, 0.4) is 0 Å². The number of carbonyl (C=O) groups excluding carboxylic acids is 2. The fourth-order valence-corrected chi connectivity index (χ4v) is 3.41. The highest BCUT2D eigenvalue weighted by atomic mass is 32.1. The largest absolute Gasteiger partial charge is 0.451 e. The zero-order valence-electron chi connectivity index (χ0n) is 12.5. The fraction of sp³-hybridized carbons (Fsp3) is 0.400. The summed E-state index contributed by atoms with van der Waals surface area (Å²) in [5, 5.41) is 9.12. The summed E-state index contributed by atoms with van der Waals surface area (Å²) in [5.74, 6) is -0.862. The van der Waals surface area contributed by atoms with Crippen LogP contribution >= 0.6 is 22.7 Å². The lowest BCUT2D eigenvalue weighted by Crippen LogP contribution is -2.35. The molecule has 0 radical (unpaired) electrons. The van der Waals surface area contributed by atoms with Gasteiger partial charge < -0.3 is 10.1 Å². The number of hydrogen-bond acceptors (Lipinski definition) is 6. The molecule has 2 heterocycles. The maximum Gasteiger partial charge on any atom is 0.358 e. The van der Waals surface area contributed by atoms with Crippen LogP contribution in [0.25, 0.3) is 10.6 Å². The molecule has 0 aliphatic rings. The monoisotopic (exact) mass is 338 g/mol. The number of nitrogens with one attached hydrogen (secondary N) is 1. The molecular weight excluding hydrogens is 320 g/mol. The first-order valence-electron chi connectivity index (χ1n) is 7.04. The van der Waals surface area contributed by atoms with Crippen molar-refractivity contribution >= 4 is 34.6 Å². The van der Waals surface area contributed by atoms with Gasteiger partial charge in [0.05, 0.1) is 0 Å². The molecule has 0 aliphatic carbocycles. The van der Waals surface area contributed by atoms with E-state index in [0.717, 1.165) is 23.4 Å². The summed E-state index contributed by atoms with van der Waals surface area (Å²) in [6.07, 6.45) is 1.89. The standard InChI is InChI=1S/C15H18N2O3S2/c1-3-4-10(2)16-13(18)7-20-15(19)12-9-22-14(17-12)11-5-6-21-8-11/h5-6,8-10H,3-4,7H2,1-2H3,(H,16,18). The molecular formula is C15H18N2O3S2. The third kappa shape index (κ3) is 4.64. The quantitative estimate of drug-likeness (QED) is 0.786. The zero-order chi connectivity index (χ0) is 15.9. The lowest BCUT2D eigenvalue weighted by atomic mass is 10.2. The number of ether oxygens (including phenoxy) is 1. The number of thiophene rings is 1.